The number of ether oxygens (including phenoxy) is 3. The summed E-state index contributed by atoms with van der Waals surface area (Å²) in [5.41, 5.74) is 0.170. The summed E-state index contributed by atoms with van der Waals surface area (Å²) in [6, 6.07) is 0. The Labute approximate surface area is 194 Å². The topological polar surface area (TPSA) is 67.4 Å². The molecule has 29 heavy (non-hydrogen) atoms. The summed E-state index contributed by atoms with van der Waals surface area (Å²) in [5.74, 6) is 0.885. The number of unbranched alkanes of at least 4 members (excludes halogenated alkanes) is 1. The zero-order chi connectivity index (χ0) is 19.9. The maximum absolute atomic E-state index is 5.64. The molecule has 2 rings (SSSR count). The second-order valence-corrected chi connectivity index (χ2v) is 7.73. The third-order valence-corrected chi connectivity index (χ3v) is 5.63. The molecule has 0 bridgehead atoms. The van der Waals surface area contributed by atoms with E-state index in [1.165, 1.54) is 32.4 Å². The summed E-state index contributed by atoms with van der Waals surface area (Å²) < 4.78 is 16.8. The molecule has 2 N–H and O–H groups in total. The van der Waals surface area contributed by atoms with Crippen LogP contribution >= 0.6 is 24.0 Å². The third kappa shape index (κ3) is 10.1. The smallest absolute Gasteiger partial charge is 0.191 e. The van der Waals surface area contributed by atoms with Crippen LogP contribution in [0.1, 0.15) is 52.4 Å². The molecule has 8 heteroatoms. The Kier molecular flexibility index (Phi) is 15.3. The highest BCUT2D eigenvalue weighted by atomic mass is 127. The van der Waals surface area contributed by atoms with Crippen LogP contribution in [0, 0.1) is 0 Å². The molecule has 172 valence electrons. The van der Waals surface area contributed by atoms with Crippen LogP contribution in [0.25, 0.3) is 0 Å². The predicted molar refractivity (Wildman–Crippen MR) is 130 cm³/mol. The molecule has 2 heterocycles. The van der Waals surface area contributed by atoms with E-state index in [0.717, 1.165) is 64.7 Å². The van der Waals surface area contributed by atoms with Gasteiger partial charge in [-0.1, -0.05) is 13.3 Å². The molecule has 0 aliphatic carbocycles. The summed E-state index contributed by atoms with van der Waals surface area (Å²) in [6.07, 6.45) is 7.07. The highest BCUT2D eigenvalue weighted by Crippen LogP contribution is 2.31. The zero-order valence-electron chi connectivity index (χ0n) is 18.5. The van der Waals surface area contributed by atoms with Crippen LogP contribution in [-0.2, 0) is 14.2 Å². The number of likely N-dealkylation sites (tertiary alicyclic amines) is 1. The first kappa shape index (κ1) is 26.9. The van der Waals surface area contributed by atoms with E-state index >= 15 is 0 Å². The minimum Gasteiger partial charge on any atom is -0.381 e. The molecular formula is C21H43IN4O3. The average molecular weight is 527 g/mol. The van der Waals surface area contributed by atoms with E-state index in [2.05, 4.69) is 29.4 Å². The van der Waals surface area contributed by atoms with Crippen LogP contribution < -0.4 is 10.6 Å². The molecule has 0 radical (unpaired) electrons. The van der Waals surface area contributed by atoms with Crippen LogP contribution in [0.15, 0.2) is 4.99 Å². The van der Waals surface area contributed by atoms with E-state index in [4.69, 9.17) is 19.2 Å². The molecule has 0 aromatic heterocycles. The van der Waals surface area contributed by atoms with Gasteiger partial charge in [0, 0.05) is 38.4 Å². The maximum Gasteiger partial charge on any atom is 0.191 e. The number of nitrogens with one attached hydrogen (secondary N) is 2. The second kappa shape index (κ2) is 16.5. The van der Waals surface area contributed by atoms with Gasteiger partial charge >= 0.3 is 0 Å². The van der Waals surface area contributed by atoms with E-state index < -0.39 is 0 Å². The average Bonchev–Trinajstić information content (AvgIpc) is 3.27. The van der Waals surface area contributed by atoms with Crippen molar-refractivity contribution in [1.82, 2.24) is 15.5 Å². The van der Waals surface area contributed by atoms with E-state index in [-0.39, 0.29) is 29.5 Å². The summed E-state index contributed by atoms with van der Waals surface area (Å²) >= 11 is 0. The fourth-order valence-electron chi connectivity index (χ4n) is 3.90. The molecule has 7 nitrogen and oxygen atoms in total. The fourth-order valence-corrected chi connectivity index (χ4v) is 3.90. The number of guanidine groups is 1. The molecule has 0 aromatic rings. The van der Waals surface area contributed by atoms with Gasteiger partial charge in [0.05, 0.1) is 26.4 Å². The number of hydrogen-bond donors (Lipinski definition) is 2. The number of nitrogens with zero attached hydrogens (tertiary/aromatic N) is 2. The molecule has 2 aliphatic rings. The molecule has 0 amide bonds. The molecule has 2 saturated heterocycles. The van der Waals surface area contributed by atoms with Gasteiger partial charge in [0.15, 0.2) is 5.96 Å². The molecule has 2 fully saturated rings. The lowest BCUT2D eigenvalue weighted by Gasteiger charge is -2.43. The van der Waals surface area contributed by atoms with Crippen LogP contribution in [0.3, 0.4) is 0 Å². The van der Waals surface area contributed by atoms with Crippen LogP contribution in [-0.4, -0.2) is 88.8 Å². The van der Waals surface area contributed by atoms with E-state index in [1.54, 1.807) is 0 Å². The molecule has 0 unspecified atom stereocenters. The van der Waals surface area contributed by atoms with Crippen molar-refractivity contribution in [3.05, 3.63) is 0 Å². The first-order chi connectivity index (χ1) is 13.8. The van der Waals surface area contributed by atoms with Crippen molar-refractivity contribution < 1.29 is 14.2 Å². The normalized spacial score (nSPS) is 19.7. The van der Waals surface area contributed by atoms with Gasteiger partial charge in [-0.2, -0.15) is 0 Å². The summed E-state index contributed by atoms with van der Waals surface area (Å²) in [6.45, 7) is 13.6. The molecule has 0 saturated carbocycles. The SMILES string of the molecule is CCCCOCCOCCNC(=NCC1(N2CCCC2)CCOCC1)NCC.I. The van der Waals surface area contributed by atoms with Crippen molar-refractivity contribution in [2.24, 2.45) is 4.99 Å². The van der Waals surface area contributed by atoms with E-state index in [1.807, 2.05) is 0 Å². The highest BCUT2D eigenvalue weighted by Gasteiger charge is 2.39. The van der Waals surface area contributed by atoms with Crippen LogP contribution in [0.2, 0.25) is 0 Å². The van der Waals surface area contributed by atoms with E-state index in [0.29, 0.717) is 19.8 Å². The lowest BCUT2D eigenvalue weighted by atomic mass is 9.88. The standard InChI is InChI=1S/C21H42N4O3.HI/c1-3-5-13-26-17-18-28-16-10-23-20(22-4-2)24-19-21(8-14-27-15-9-21)25-11-6-7-12-25;/h3-19H2,1-2H3,(H2,22,23,24);1H. The Morgan fingerprint density at radius 3 is 2.34 bits per heavy atom. The minimum atomic E-state index is 0. The van der Waals surface area contributed by atoms with Gasteiger partial charge in [-0.05, 0) is 52.1 Å². The van der Waals surface area contributed by atoms with Crippen LogP contribution in [0.4, 0.5) is 0 Å². The number of halogens is 1. The van der Waals surface area contributed by atoms with Crippen molar-refractivity contribution in [2.45, 2.75) is 57.9 Å². The highest BCUT2D eigenvalue weighted by molar-refractivity contribution is 14.0. The zero-order valence-corrected chi connectivity index (χ0v) is 20.9. The molecular weight excluding hydrogens is 483 g/mol. The second-order valence-electron chi connectivity index (χ2n) is 7.73. The monoisotopic (exact) mass is 526 g/mol. The van der Waals surface area contributed by atoms with Crippen molar-refractivity contribution in [2.75, 3.05) is 72.4 Å². The first-order valence-electron chi connectivity index (χ1n) is 11.3. The first-order valence-corrected chi connectivity index (χ1v) is 11.3. The van der Waals surface area contributed by atoms with Gasteiger partial charge in [0.25, 0.3) is 0 Å². The predicted octanol–water partition coefficient (Wildman–Crippen LogP) is 2.64. The lowest BCUT2D eigenvalue weighted by molar-refractivity contribution is -0.0139. The Morgan fingerprint density at radius 2 is 1.69 bits per heavy atom. The van der Waals surface area contributed by atoms with Gasteiger partial charge in [-0.15, -0.1) is 24.0 Å². The van der Waals surface area contributed by atoms with Crippen molar-refractivity contribution >= 4 is 29.9 Å². The molecule has 0 atom stereocenters. The van der Waals surface area contributed by atoms with Gasteiger partial charge in [0.2, 0.25) is 0 Å². The largest absolute Gasteiger partial charge is 0.381 e. The van der Waals surface area contributed by atoms with Gasteiger partial charge in [-0.3, -0.25) is 9.89 Å². The summed E-state index contributed by atoms with van der Waals surface area (Å²) in [4.78, 5) is 7.60. The van der Waals surface area contributed by atoms with Gasteiger partial charge in [0.1, 0.15) is 0 Å². The third-order valence-electron chi connectivity index (χ3n) is 5.63. The van der Waals surface area contributed by atoms with Gasteiger partial charge < -0.3 is 24.8 Å². The Bertz CT molecular complexity index is 428. The summed E-state index contributed by atoms with van der Waals surface area (Å²) in [7, 11) is 0. The van der Waals surface area contributed by atoms with Crippen molar-refractivity contribution in [1.29, 1.82) is 0 Å². The quantitative estimate of drug-likeness (QED) is 0.167. The number of hydrogen-bond acceptors (Lipinski definition) is 5. The minimum absolute atomic E-state index is 0. The molecule has 0 spiro atoms. The Balaban J connectivity index is 0.00000420. The van der Waals surface area contributed by atoms with Crippen molar-refractivity contribution in [3.63, 3.8) is 0 Å². The summed E-state index contributed by atoms with van der Waals surface area (Å²) in [5, 5.41) is 6.77. The maximum atomic E-state index is 5.64. The Morgan fingerprint density at radius 1 is 1.00 bits per heavy atom. The van der Waals surface area contributed by atoms with Gasteiger partial charge in [-0.25, -0.2) is 0 Å². The Hall–Kier alpha value is -0.160. The van der Waals surface area contributed by atoms with E-state index in [9.17, 15) is 0 Å². The number of rotatable bonds is 13. The number of aliphatic imine (C=N–C) groups is 1. The molecule has 2 aliphatic heterocycles. The molecule has 0 aromatic carbocycles. The van der Waals surface area contributed by atoms with Crippen LogP contribution in [0.5, 0.6) is 0 Å². The lowest BCUT2D eigenvalue weighted by Crippen LogP contribution is -2.54. The van der Waals surface area contributed by atoms with Crippen molar-refractivity contribution in [3.8, 4) is 0 Å². The fraction of sp³-hybridized carbons (Fsp3) is 0.952.